The molecular formula is C15H24NO10-. The fourth-order valence-electron chi connectivity index (χ4n) is 2.64. The molecule has 1 heterocycles. The van der Waals surface area contributed by atoms with Crippen LogP contribution >= 0.6 is 0 Å². The second kappa shape index (κ2) is 9.35. The molecule has 0 spiro atoms. The zero-order valence-corrected chi connectivity index (χ0v) is 14.5. The van der Waals surface area contributed by atoms with Gasteiger partial charge in [0.15, 0.2) is 0 Å². The summed E-state index contributed by atoms with van der Waals surface area (Å²) in [5, 5.41) is 52.8. The van der Waals surface area contributed by atoms with Crippen molar-refractivity contribution in [3.63, 3.8) is 0 Å². The highest BCUT2D eigenvalue weighted by Crippen LogP contribution is 2.32. The summed E-state index contributed by atoms with van der Waals surface area (Å²) in [5.41, 5.74) is 0. The number of hydrogen-bond acceptors (Lipinski definition) is 10. The normalized spacial score (nSPS) is 31.1. The van der Waals surface area contributed by atoms with E-state index in [-0.39, 0.29) is 18.6 Å². The predicted molar refractivity (Wildman–Crippen MR) is 81.2 cm³/mol. The summed E-state index contributed by atoms with van der Waals surface area (Å²) in [5.74, 6) is -5.12. The molecule has 0 radical (unpaired) electrons. The van der Waals surface area contributed by atoms with Gasteiger partial charge in [-0.25, -0.2) is 0 Å². The molecule has 11 heteroatoms. The van der Waals surface area contributed by atoms with Gasteiger partial charge >= 0.3 is 0 Å². The number of hydrogen-bond donors (Lipinski definition) is 5. The van der Waals surface area contributed by atoms with Crippen LogP contribution in [0.3, 0.4) is 0 Å². The van der Waals surface area contributed by atoms with Gasteiger partial charge in [0.25, 0.3) is 0 Å². The van der Waals surface area contributed by atoms with Crippen LogP contribution in [-0.2, 0) is 23.9 Å². The lowest BCUT2D eigenvalue weighted by molar-refractivity contribution is -0.378. The summed E-state index contributed by atoms with van der Waals surface area (Å²) in [6.45, 7) is 0.413. The van der Waals surface area contributed by atoms with Gasteiger partial charge in [-0.15, -0.1) is 0 Å². The number of aliphatic hydroxyl groups excluding tert-OH is 4. The fourth-order valence-corrected chi connectivity index (χ4v) is 2.64. The molecule has 4 unspecified atom stereocenters. The molecule has 0 aromatic heterocycles. The third kappa shape index (κ3) is 5.19. The summed E-state index contributed by atoms with van der Waals surface area (Å²) in [4.78, 5) is 34.3. The van der Waals surface area contributed by atoms with Gasteiger partial charge in [0.2, 0.25) is 11.7 Å². The maximum absolute atomic E-state index is 12.0. The van der Waals surface area contributed by atoms with E-state index in [4.69, 9.17) is 14.6 Å². The number of methoxy groups -OCH3 is 1. The third-order valence-electron chi connectivity index (χ3n) is 4.16. The van der Waals surface area contributed by atoms with Gasteiger partial charge in [-0.05, 0) is 6.92 Å². The van der Waals surface area contributed by atoms with E-state index in [0.717, 1.165) is 7.11 Å². The topological polar surface area (TPSA) is 186 Å². The highest BCUT2D eigenvalue weighted by Gasteiger charge is 2.52. The Morgan fingerprint density at radius 3 is 2.42 bits per heavy atom. The first-order valence-electron chi connectivity index (χ1n) is 7.96. The molecule has 0 bridgehead atoms. The number of carboxylic acid groups (broad SMARTS) is 1. The Bertz CT molecular complexity index is 527. The number of amides is 1. The Balaban J connectivity index is 3.06. The van der Waals surface area contributed by atoms with Gasteiger partial charge in [-0.3, -0.25) is 4.79 Å². The van der Waals surface area contributed by atoms with Crippen LogP contribution in [0.2, 0.25) is 0 Å². The number of carboxylic acids is 1. The number of carbonyl (C=O) groups excluding carboxylic acids is 3. The molecular weight excluding hydrogens is 354 g/mol. The summed E-state index contributed by atoms with van der Waals surface area (Å²) < 4.78 is 10.0. The van der Waals surface area contributed by atoms with E-state index in [1.807, 2.05) is 0 Å². The van der Waals surface area contributed by atoms with Gasteiger partial charge in [0, 0.05) is 26.4 Å². The van der Waals surface area contributed by atoms with Crippen molar-refractivity contribution in [1.29, 1.82) is 0 Å². The lowest BCUT2D eigenvalue weighted by atomic mass is 9.88. The van der Waals surface area contributed by atoms with Crippen LogP contribution in [0.15, 0.2) is 0 Å². The molecule has 11 nitrogen and oxygen atoms in total. The number of rotatable bonds is 9. The van der Waals surface area contributed by atoms with Crippen molar-refractivity contribution < 1.29 is 49.4 Å². The third-order valence-corrected chi connectivity index (χ3v) is 4.16. The molecule has 5 N–H and O–H groups in total. The van der Waals surface area contributed by atoms with Crippen molar-refractivity contribution in [2.45, 2.75) is 62.4 Å². The van der Waals surface area contributed by atoms with E-state index in [9.17, 15) is 34.8 Å². The van der Waals surface area contributed by atoms with Gasteiger partial charge in [-0.1, -0.05) is 0 Å². The maximum atomic E-state index is 12.0. The number of carbonyl (C=O) groups is 3. The van der Waals surface area contributed by atoms with Crippen molar-refractivity contribution in [2.24, 2.45) is 0 Å². The van der Waals surface area contributed by atoms with Crippen LogP contribution < -0.4 is 10.4 Å². The van der Waals surface area contributed by atoms with Gasteiger partial charge < -0.3 is 49.9 Å². The summed E-state index contributed by atoms with van der Waals surface area (Å²) >= 11 is 0. The molecule has 1 saturated heterocycles. The van der Waals surface area contributed by atoms with Gasteiger partial charge in [0.05, 0.1) is 18.8 Å². The van der Waals surface area contributed by atoms with Crippen LogP contribution in [0.5, 0.6) is 0 Å². The van der Waals surface area contributed by atoms with Crippen LogP contribution in [0, 0.1) is 0 Å². The largest absolute Gasteiger partial charge is 0.544 e. The van der Waals surface area contributed by atoms with E-state index in [1.54, 1.807) is 0 Å². The van der Waals surface area contributed by atoms with Crippen molar-refractivity contribution in [3.8, 4) is 0 Å². The SMILES string of the molecule is CO[C@]1(C(=O)[O-])CC(O)[C@@H](NC(=O)CCC(C)=O)C(C(O)C(O)CO)O1. The minimum absolute atomic E-state index is 0.0525. The Morgan fingerprint density at radius 2 is 1.96 bits per heavy atom. The zero-order chi connectivity index (χ0) is 20.1. The number of ether oxygens (including phenoxy) is 2. The molecule has 0 aromatic rings. The van der Waals surface area contributed by atoms with Crippen molar-refractivity contribution in [2.75, 3.05) is 13.7 Å². The smallest absolute Gasteiger partial charge is 0.220 e. The number of aliphatic carboxylic acids is 1. The molecule has 1 rings (SSSR count). The van der Waals surface area contributed by atoms with Gasteiger partial charge in [0.1, 0.15) is 30.1 Å². The van der Waals surface area contributed by atoms with E-state index in [1.165, 1.54) is 6.92 Å². The second-order valence-corrected chi connectivity index (χ2v) is 6.13. The van der Waals surface area contributed by atoms with E-state index >= 15 is 0 Å². The fraction of sp³-hybridized carbons (Fsp3) is 0.800. The Morgan fingerprint density at radius 1 is 1.35 bits per heavy atom. The molecule has 1 fully saturated rings. The van der Waals surface area contributed by atoms with Crippen molar-refractivity contribution in [3.05, 3.63) is 0 Å². The molecule has 0 aliphatic carbocycles. The van der Waals surface area contributed by atoms with E-state index < -0.39 is 61.1 Å². The van der Waals surface area contributed by atoms with Crippen LogP contribution in [0.4, 0.5) is 0 Å². The molecule has 6 atom stereocenters. The minimum atomic E-state index is -2.42. The standard InChI is InChI=1S/C15H25NO10/c1-7(18)3-4-10(21)16-11-8(19)5-15(25-2,14(23)24)26-13(11)12(22)9(20)6-17/h8-9,11-13,17,19-20,22H,3-6H2,1-2H3,(H,16,21)(H,23,24)/p-1/t8?,9?,11-,12?,13?,15-/m1/s1. The average Bonchev–Trinajstić information content (AvgIpc) is 2.59. The Hall–Kier alpha value is -1.63. The Kier molecular flexibility index (Phi) is 8.06. The van der Waals surface area contributed by atoms with Crippen molar-refractivity contribution >= 4 is 17.7 Å². The second-order valence-electron chi connectivity index (χ2n) is 6.13. The molecule has 1 aliphatic rings. The number of Topliss-reactive ketones (excluding diaryl/α,β-unsaturated/α-hetero) is 1. The number of aliphatic hydroxyl groups is 4. The number of ketones is 1. The quantitative estimate of drug-likeness (QED) is 0.263. The van der Waals surface area contributed by atoms with E-state index in [2.05, 4.69) is 5.32 Å². The first kappa shape index (κ1) is 22.4. The lowest BCUT2D eigenvalue weighted by Crippen LogP contribution is -2.69. The Labute approximate surface area is 149 Å². The number of nitrogens with one attached hydrogen (secondary N) is 1. The van der Waals surface area contributed by atoms with Crippen LogP contribution in [0.1, 0.15) is 26.2 Å². The molecule has 0 aromatic carbocycles. The van der Waals surface area contributed by atoms with Gasteiger partial charge in [-0.2, -0.15) is 0 Å². The van der Waals surface area contributed by atoms with Crippen molar-refractivity contribution in [1.82, 2.24) is 5.32 Å². The summed E-state index contributed by atoms with van der Waals surface area (Å²) in [6, 6.07) is -1.33. The molecule has 0 saturated carbocycles. The maximum Gasteiger partial charge on any atom is 0.220 e. The molecule has 26 heavy (non-hydrogen) atoms. The average molecular weight is 378 g/mol. The first-order valence-corrected chi connectivity index (χ1v) is 7.96. The predicted octanol–water partition coefficient (Wildman–Crippen LogP) is -4.20. The monoisotopic (exact) mass is 378 g/mol. The highest BCUT2D eigenvalue weighted by atomic mass is 16.7. The molecule has 150 valence electrons. The lowest BCUT2D eigenvalue weighted by Gasteiger charge is -2.48. The highest BCUT2D eigenvalue weighted by molar-refractivity contribution is 5.83. The van der Waals surface area contributed by atoms with E-state index in [0.29, 0.717) is 0 Å². The first-order chi connectivity index (χ1) is 12.1. The zero-order valence-electron chi connectivity index (χ0n) is 14.5. The molecule has 1 amide bonds. The van der Waals surface area contributed by atoms with Crippen LogP contribution in [-0.4, -0.2) is 88.0 Å². The summed E-state index contributed by atoms with van der Waals surface area (Å²) in [7, 11) is 0.986. The minimum Gasteiger partial charge on any atom is -0.544 e. The molecule has 1 aliphatic heterocycles. The van der Waals surface area contributed by atoms with Crippen LogP contribution in [0.25, 0.3) is 0 Å². The summed E-state index contributed by atoms with van der Waals surface area (Å²) in [6.07, 6.45) is -7.65.